The summed E-state index contributed by atoms with van der Waals surface area (Å²) in [5.41, 5.74) is -0.318. The van der Waals surface area contributed by atoms with Gasteiger partial charge in [-0.15, -0.1) is 10.2 Å². The number of carbonyl (C=O) groups is 1. The van der Waals surface area contributed by atoms with Crippen molar-refractivity contribution >= 4 is 46.5 Å². The highest BCUT2D eigenvalue weighted by molar-refractivity contribution is 6.32. The summed E-state index contributed by atoms with van der Waals surface area (Å²) >= 11 is 11.5. The van der Waals surface area contributed by atoms with E-state index in [1.165, 1.54) is 18.2 Å². The minimum absolute atomic E-state index is 0.0158. The van der Waals surface area contributed by atoms with E-state index in [1.54, 1.807) is 20.8 Å². The molecule has 0 unspecified atom stereocenters. The number of amides is 1. The molecule has 0 aliphatic rings. The Morgan fingerprint density at radius 1 is 1.25 bits per heavy atom. The van der Waals surface area contributed by atoms with Crippen LogP contribution in [0.1, 0.15) is 20.8 Å². The second-order valence-electron chi connectivity index (χ2n) is 5.67. The van der Waals surface area contributed by atoms with E-state index in [0.29, 0.717) is 5.69 Å². The number of hydrogen-bond donors (Lipinski definition) is 2. The van der Waals surface area contributed by atoms with Gasteiger partial charge in [0.1, 0.15) is 11.4 Å². The van der Waals surface area contributed by atoms with Crippen molar-refractivity contribution in [3.05, 3.63) is 34.5 Å². The van der Waals surface area contributed by atoms with Crippen LogP contribution < -0.4 is 10.6 Å². The van der Waals surface area contributed by atoms with Crippen LogP contribution >= 0.6 is 23.2 Å². The van der Waals surface area contributed by atoms with Gasteiger partial charge in [-0.05, 0) is 50.6 Å². The monoisotopic (exact) mass is 373 g/mol. The van der Waals surface area contributed by atoms with Crippen molar-refractivity contribution in [1.82, 2.24) is 15.2 Å². The van der Waals surface area contributed by atoms with Gasteiger partial charge in [-0.3, -0.25) is 5.32 Å². The maximum Gasteiger partial charge on any atom is 0.412 e. The number of hydrogen-bond acceptors (Lipinski definition) is 6. The van der Waals surface area contributed by atoms with Crippen molar-refractivity contribution in [2.75, 3.05) is 10.6 Å². The Morgan fingerprint density at radius 2 is 1.96 bits per heavy atom. The summed E-state index contributed by atoms with van der Waals surface area (Å²) < 4.78 is 19.1. The first kappa shape index (κ1) is 18.2. The smallest absolute Gasteiger partial charge is 0.412 e. The molecule has 1 amide bonds. The van der Waals surface area contributed by atoms with Crippen molar-refractivity contribution in [1.29, 1.82) is 0 Å². The largest absolute Gasteiger partial charge is 0.444 e. The van der Waals surface area contributed by atoms with Crippen molar-refractivity contribution in [2.45, 2.75) is 26.4 Å². The normalized spacial score (nSPS) is 11.1. The van der Waals surface area contributed by atoms with E-state index >= 15 is 0 Å². The van der Waals surface area contributed by atoms with Gasteiger partial charge in [-0.25, -0.2) is 9.18 Å². The third-order valence-electron chi connectivity index (χ3n) is 2.48. The van der Waals surface area contributed by atoms with Crippen LogP contribution in [0.15, 0.2) is 18.2 Å². The number of anilines is 3. The lowest BCUT2D eigenvalue weighted by Crippen LogP contribution is -2.27. The molecule has 0 fully saturated rings. The summed E-state index contributed by atoms with van der Waals surface area (Å²) in [6.45, 7) is 5.20. The van der Waals surface area contributed by atoms with Crippen LogP contribution in [0.5, 0.6) is 0 Å². The Balaban J connectivity index is 2.19. The van der Waals surface area contributed by atoms with Crippen LogP contribution in [0.2, 0.25) is 10.4 Å². The van der Waals surface area contributed by atoms with Gasteiger partial charge in [0.05, 0.1) is 5.69 Å². The lowest BCUT2D eigenvalue weighted by Gasteiger charge is -2.20. The number of rotatable bonds is 3. The summed E-state index contributed by atoms with van der Waals surface area (Å²) in [6.07, 6.45) is -0.662. The van der Waals surface area contributed by atoms with Crippen molar-refractivity contribution in [3.63, 3.8) is 0 Å². The third kappa shape index (κ3) is 5.17. The number of halogens is 3. The molecule has 0 saturated heterocycles. The predicted octanol–water partition coefficient (Wildman–Crippen LogP) is 4.41. The Hall–Kier alpha value is -2.19. The van der Waals surface area contributed by atoms with E-state index in [1.807, 2.05) is 0 Å². The molecule has 7 nitrogen and oxygen atoms in total. The molecular weight excluding hydrogens is 360 g/mol. The summed E-state index contributed by atoms with van der Waals surface area (Å²) in [7, 11) is 0. The molecule has 24 heavy (non-hydrogen) atoms. The molecule has 2 N–H and O–H groups in total. The first-order chi connectivity index (χ1) is 11.1. The second kappa shape index (κ2) is 7.14. The maximum absolute atomic E-state index is 13.9. The fourth-order valence-electron chi connectivity index (χ4n) is 1.62. The van der Waals surface area contributed by atoms with Gasteiger partial charge in [-0.2, -0.15) is 4.98 Å². The minimum Gasteiger partial charge on any atom is -0.444 e. The Morgan fingerprint density at radius 3 is 2.62 bits per heavy atom. The van der Waals surface area contributed by atoms with Crippen molar-refractivity contribution in [3.8, 4) is 0 Å². The predicted molar refractivity (Wildman–Crippen MR) is 89.4 cm³/mol. The van der Waals surface area contributed by atoms with Crippen LogP contribution in [0.4, 0.5) is 26.4 Å². The Kier molecular flexibility index (Phi) is 5.40. The topological polar surface area (TPSA) is 89.0 Å². The molecule has 0 spiro atoms. The number of ether oxygens (including phenoxy) is 1. The highest BCUT2D eigenvalue weighted by atomic mass is 35.5. The number of carbonyl (C=O) groups excluding carboxylic acids is 1. The molecule has 0 bridgehead atoms. The molecule has 0 saturated carbocycles. The fraction of sp³-hybridized carbons (Fsp3) is 0.286. The first-order valence-electron chi connectivity index (χ1n) is 6.76. The number of nitrogens with zero attached hydrogens (tertiary/aromatic N) is 3. The molecule has 128 valence electrons. The quantitative estimate of drug-likeness (QED) is 0.828. The molecule has 2 aromatic rings. The average molecular weight is 374 g/mol. The average Bonchev–Trinajstić information content (AvgIpc) is 2.44. The van der Waals surface area contributed by atoms with Crippen LogP contribution in [0.25, 0.3) is 0 Å². The minimum atomic E-state index is -0.662. The molecule has 2 rings (SSSR count). The van der Waals surface area contributed by atoms with Gasteiger partial charge < -0.3 is 10.1 Å². The fourth-order valence-corrected chi connectivity index (χ4v) is 1.87. The molecule has 1 heterocycles. The lowest BCUT2D eigenvalue weighted by atomic mass is 10.2. The van der Waals surface area contributed by atoms with Gasteiger partial charge in [0.25, 0.3) is 0 Å². The SMILES string of the molecule is CC(C)(C)OC(=O)Nc1ccc(F)c(Nc2nc(Cl)nnc2Cl)c1. The van der Waals surface area contributed by atoms with Gasteiger partial charge >= 0.3 is 6.09 Å². The van der Waals surface area contributed by atoms with E-state index in [9.17, 15) is 9.18 Å². The number of benzene rings is 1. The van der Waals surface area contributed by atoms with Crippen LogP contribution in [-0.4, -0.2) is 26.9 Å². The standard InChI is InChI=1S/C14H14Cl2FN5O2/c1-14(2,3)24-13(23)18-7-4-5-8(17)9(6-7)19-11-10(15)21-22-12(16)20-11/h4-6H,1-3H3,(H,18,23)(H,19,20,22). The van der Waals surface area contributed by atoms with E-state index in [4.69, 9.17) is 27.9 Å². The molecule has 0 atom stereocenters. The highest BCUT2D eigenvalue weighted by Crippen LogP contribution is 2.26. The lowest BCUT2D eigenvalue weighted by molar-refractivity contribution is 0.0636. The molecular formula is C14H14Cl2FN5O2. The summed E-state index contributed by atoms with van der Waals surface area (Å²) in [4.78, 5) is 15.6. The van der Waals surface area contributed by atoms with Gasteiger partial charge in [0.15, 0.2) is 11.0 Å². The summed E-state index contributed by atoms with van der Waals surface area (Å²) in [6, 6.07) is 3.90. The second-order valence-corrected chi connectivity index (χ2v) is 6.36. The molecule has 0 radical (unpaired) electrons. The van der Waals surface area contributed by atoms with Gasteiger partial charge in [-0.1, -0.05) is 11.6 Å². The van der Waals surface area contributed by atoms with Gasteiger partial charge in [0, 0.05) is 5.69 Å². The summed E-state index contributed by atoms with van der Waals surface area (Å²) in [5.74, 6) is -0.555. The molecule has 0 aliphatic heterocycles. The molecule has 1 aromatic carbocycles. The number of nitrogens with one attached hydrogen (secondary N) is 2. The molecule has 1 aromatic heterocycles. The van der Waals surface area contributed by atoms with Crippen molar-refractivity contribution in [2.24, 2.45) is 0 Å². The van der Waals surface area contributed by atoms with Crippen LogP contribution in [0, 0.1) is 5.82 Å². The number of aromatic nitrogens is 3. The summed E-state index contributed by atoms with van der Waals surface area (Å²) in [5, 5.41) is 11.9. The third-order valence-corrected chi connectivity index (χ3v) is 2.90. The van der Waals surface area contributed by atoms with Crippen molar-refractivity contribution < 1.29 is 13.9 Å². The van der Waals surface area contributed by atoms with Gasteiger partial charge in [0.2, 0.25) is 5.28 Å². The maximum atomic E-state index is 13.9. The zero-order chi connectivity index (χ0) is 17.9. The van der Waals surface area contributed by atoms with E-state index < -0.39 is 17.5 Å². The van der Waals surface area contributed by atoms with E-state index in [2.05, 4.69) is 25.8 Å². The molecule has 10 heteroatoms. The Bertz CT molecular complexity index is 767. The van der Waals surface area contributed by atoms with Crippen LogP contribution in [-0.2, 0) is 4.74 Å². The first-order valence-corrected chi connectivity index (χ1v) is 7.52. The highest BCUT2D eigenvalue weighted by Gasteiger charge is 2.17. The zero-order valence-electron chi connectivity index (χ0n) is 13.0. The van der Waals surface area contributed by atoms with E-state index in [-0.39, 0.29) is 21.9 Å². The zero-order valence-corrected chi connectivity index (χ0v) is 14.5. The van der Waals surface area contributed by atoms with Crippen LogP contribution in [0.3, 0.4) is 0 Å². The Labute approximate surface area is 147 Å². The molecule has 0 aliphatic carbocycles. The van der Waals surface area contributed by atoms with E-state index in [0.717, 1.165) is 0 Å².